The monoisotopic (exact) mass is 233 g/mol. The maximum atomic E-state index is 12.3. The SMILES string of the molecule is Cc1cc(N)c(C(=O)N2CCCCCC2)cn1. The molecule has 0 bridgehead atoms. The van der Waals surface area contributed by atoms with Gasteiger partial charge in [-0.25, -0.2) is 0 Å². The highest BCUT2D eigenvalue weighted by Gasteiger charge is 2.19. The summed E-state index contributed by atoms with van der Waals surface area (Å²) < 4.78 is 0. The lowest BCUT2D eigenvalue weighted by Crippen LogP contribution is -2.32. The van der Waals surface area contributed by atoms with E-state index in [1.807, 2.05) is 11.8 Å². The first-order chi connectivity index (χ1) is 8.18. The largest absolute Gasteiger partial charge is 0.398 e. The molecule has 92 valence electrons. The van der Waals surface area contributed by atoms with Crippen molar-refractivity contribution < 1.29 is 4.79 Å². The summed E-state index contributed by atoms with van der Waals surface area (Å²) in [7, 11) is 0. The molecule has 2 rings (SSSR count). The minimum Gasteiger partial charge on any atom is -0.398 e. The molecule has 0 unspecified atom stereocenters. The number of hydrogen-bond donors (Lipinski definition) is 1. The van der Waals surface area contributed by atoms with Gasteiger partial charge in [0.05, 0.1) is 5.56 Å². The maximum absolute atomic E-state index is 12.3. The summed E-state index contributed by atoms with van der Waals surface area (Å²) in [5.41, 5.74) is 7.80. The molecule has 17 heavy (non-hydrogen) atoms. The van der Waals surface area contributed by atoms with Crippen LogP contribution in [0.5, 0.6) is 0 Å². The molecule has 1 fully saturated rings. The van der Waals surface area contributed by atoms with Gasteiger partial charge in [-0.15, -0.1) is 0 Å². The Morgan fingerprint density at radius 3 is 2.53 bits per heavy atom. The Hall–Kier alpha value is -1.58. The van der Waals surface area contributed by atoms with E-state index in [1.54, 1.807) is 12.3 Å². The van der Waals surface area contributed by atoms with Crippen LogP contribution in [0.2, 0.25) is 0 Å². The molecular formula is C13H19N3O. The van der Waals surface area contributed by atoms with Gasteiger partial charge in [-0.05, 0) is 25.8 Å². The van der Waals surface area contributed by atoms with Gasteiger partial charge >= 0.3 is 0 Å². The lowest BCUT2D eigenvalue weighted by atomic mass is 10.2. The summed E-state index contributed by atoms with van der Waals surface area (Å²) in [5.74, 6) is 0.0249. The van der Waals surface area contributed by atoms with Crippen LogP contribution in [0, 0.1) is 6.92 Å². The van der Waals surface area contributed by atoms with Crippen LogP contribution in [-0.4, -0.2) is 28.9 Å². The molecular weight excluding hydrogens is 214 g/mol. The number of nitrogens with two attached hydrogens (primary N) is 1. The molecule has 0 aliphatic carbocycles. The van der Waals surface area contributed by atoms with Gasteiger partial charge in [0.25, 0.3) is 5.91 Å². The summed E-state index contributed by atoms with van der Waals surface area (Å²) in [5, 5.41) is 0. The Morgan fingerprint density at radius 2 is 1.94 bits per heavy atom. The van der Waals surface area contributed by atoms with Crippen LogP contribution in [-0.2, 0) is 0 Å². The van der Waals surface area contributed by atoms with E-state index < -0.39 is 0 Å². The van der Waals surface area contributed by atoms with Crippen molar-refractivity contribution in [1.82, 2.24) is 9.88 Å². The third kappa shape index (κ3) is 2.75. The fourth-order valence-electron chi connectivity index (χ4n) is 2.20. The van der Waals surface area contributed by atoms with Crippen molar-refractivity contribution in [2.45, 2.75) is 32.6 Å². The van der Waals surface area contributed by atoms with Crippen LogP contribution >= 0.6 is 0 Å². The Kier molecular flexibility index (Phi) is 3.61. The number of nitrogen functional groups attached to an aromatic ring is 1. The second-order valence-corrected chi connectivity index (χ2v) is 4.62. The molecule has 4 nitrogen and oxygen atoms in total. The molecule has 1 amide bonds. The molecule has 2 heterocycles. The van der Waals surface area contributed by atoms with Crippen LogP contribution in [0.1, 0.15) is 41.7 Å². The number of carbonyl (C=O) groups is 1. The van der Waals surface area contributed by atoms with Crippen molar-refractivity contribution in [2.75, 3.05) is 18.8 Å². The molecule has 2 N–H and O–H groups in total. The highest BCUT2D eigenvalue weighted by atomic mass is 16.2. The average Bonchev–Trinajstić information content (AvgIpc) is 2.56. The van der Waals surface area contributed by atoms with E-state index in [0.29, 0.717) is 11.3 Å². The number of anilines is 1. The van der Waals surface area contributed by atoms with Gasteiger partial charge in [0.2, 0.25) is 0 Å². The van der Waals surface area contributed by atoms with Crippen LogP contribution in [0.15, 0.2) is 12.3 Å². The van der Waals surface area contributed by atoms with Crippen molar-refractivity contribution >= 4 is 11.6 Å². The number of aromatic nitrogens is 1. The van der Waals surface area contributed by atoms with E-state index in [2.05, 4.69) is 4.98 Å². The first kappa shape index (κ1) is 11.9. The lowest BCUT2D eigenvalue weighted by Gasteiger charge is -2.20. The number of rotatable bonds is 1. The molecule has 4 heteroatoms. The van der Waals surface area contributed by atoms with Gasteiger partial charge < -0.3 is 10.6 Å². The zero-order valence-corrected chi connectivity index (χ0v) is 10.3. The van der Waals surface area contributed by atoms with Gasteiger partial charge in [-0.1, -0.05) is 12.8 Å². The normalized spacial score (nSPS) is 16.6. The topological polar surface area (TPSA) is 59.2 Å². The van der Waals surface area contributed by atoms with Gasteiger partial charge in [-0.2, -0.15) is 0 Å². The zero-order chi connectivity index (χ0) is 12.3. The number of carbonyl (C=O) groups excluding carboxylic acids is 1. The highest BCUT2D eigenvalue weighted by Crippen LogP contribution is 2.17. The summed E-state index contributed by atoms with van der Waals surface area (Å²) in [6.07, 6.45) is 6.20. The van der Waals surface area contributed by atoms with E-state index >= 15 is 0 Å². The standard InChI is InChI=1S/C13H19N3O/c1-10-8-12(14)11(9-15-10)13(17)16-6-4-2-3-5-7-16/h8-9H,2-7H2,1H3,(H2,14,15). The van der Waals surface area contributed by atoms with Crippen molar-refractivity contribution in [3.8, 4) is 0 Å². The minimum absolute atomic E-state index is 0.0249. The van der Waals surface area contributed by atoms with E-state index in [4.69, 9.17) is 5.73 Å². The smallest absolute Gasteiger partial charge is 0.257 e. The second kappa shape index (κ2) is 5.17. The maximum Gasteiger partial charge on any atom is 0.257 e. The molecule has 0 atom stereocenters. The van der Waals surface area contributed by atoms with Gasteiger partial charge in [0.15, 0.2) is 0 Å². The van der Waals surface area contributed by atoms with E-state index in [-0.39, 0.29) is 5.91 Å². The van der Waals surface area contributed by atoms with Crippen LogP contribution in [0.3, 0.4) is 0 Å². The molecule has 0 spiro atoms. The fourth-order valence-corrected chi connectivity index (χ4v) is 2.20. The van der Waals surface area contributed by atoms with Gasteiger partial charge in [0, 0.05) is 30.7 Å². The number of amides is 1. The van der Waals surface area contributed by atoms with Crippen molar-refractivity contribution in [3.05, 3.63) is 23.5 Å². The van der Waals surface area contributed by atoms with Crippen molar-refractivity contribution in [2.24, 2.45) is 0 Å². The van der Waals surface area contributed by atoms with Crippen LogP contribution < -0.4 is 5.73 Å². The predicted molar refractivity (Wildman–Crippen MR) is 67.8 cm³/mol. The number of aryl methyl sites for hydroxylation is 1. The summed E-state index contributed by atoms with van der Waals surface area (Å²) in [6, 6.07) is 1.76. The van der Waals surface area contributed by atoms with Crippen LogP contribution in [0.25, 0.3) is 0 Å². The van der Waals surface area contributed by atoms with Crippen LogP contribution in [0.4, 0.5) is 5.69 Å². The second-order valence-electron chi connectivity index (χ2n) is 4.62. The first-order valence-electron chi connectivity index (χ1n) is 6.20. The number of pyridine rings is 1. The highest BCUT2D eigenvalue weighted by molar-refractivity contribution is 5.98. The third-order valence-electron chi connectivity index (χ3n) is 3.20. The summed E-state index contributed by atoms with van der Waals surface area (Å²) in [6.45, 7) is 3.55. The molecule has 0 aromatic carbocycles. The van der Waals surface area contributed by atoms with E-state index in [0.717, 1.165) is 31.6 Å². The number of hydrogen-bond acceptors (Lipinski definition) is 3. The third-order valence-corrected chi connectivity index (χ3v) is 3.20. The molecule has 0 saturated carbocycles. The van der Waals surface area contributed by atoms with E-state index in [9.17, 15) is 4.79 Å². The number of nitrogens with zero attached hydrogens (tertiary/aromatic N) is 2. The predicted octanol–water partition coefficient (Wildman–Crippen LogP) is 1.99. The van der Waals surface area contributed by atoms with Crippen molar-refractivity contribution in [1.29, 1.82) is 0 Å². The molecule has 0 radical (unpaired) electrons. The van der Waals surface area contributed by atoms with E-state index in [1.165, 1.54) is 12.8 Å². The summed E-state index contributed by atoms with van der Waals surface area (Å²) >= 11 is 0. The Labute approximate surface area is 102 Å². The molecule has 1 aliphatic rings. The van der Waals surface area contributed by atoms with Crippen molar-refractivity contribution in [3.63, 3.8) is 0 Å². The molecule has 1 aromatic heterocycles. The molecule has 1 aliphatic heterocycles. The van der Waals surface area contributed by atoms with Gasteiger partial charge in [-0.3, -0.25) is 9.78 Å². The Balaban J connectivity index is 2.17. The first-order valence-corrected chi connectivity index (χ1v) is 6.20. The fraction of sp³-hybridized carbons (Fsp3) is 0.538. The lowest BCUT2D eigenvalue weighted by molar-refractivity contribution is 0.0762. The quantitative estimate of drug-likeness (QED) is 0.807. The minimum atomic E-state index is 0.0249. The molecule has 1 saturated heterocycles. The number of likely N-dealkylation sites (tertiary alicyclic amines) is 1. The average molecular weight is 233 g/mol. The zero-order valence-electron chi connectivity index (χ0n) is 10.3. The Morgan fingerprint density at radius 1 is 1.29 bits per heavy atom. The molecule has 1 aromatic rings. The summed E-state index contributed by atoms with van der Waals surface area (Å²) in [4.78, 5) is 18.3. The Bertz CT molecular complexity index is 409. The van der Waals surface area contributed by atoms with Gasteiger partial charge in [0.1, 0.15) is 0 Å².